The monoisotopic (exact) mass is 230 g/mol. The molecule has 15 heavy (non-hydrogen) atoms. The lowest BCUT2D eigenvalue weighted by atomic mass is 9.83. The van der Waals surface area contributed by atoms with Crippen LogP contribution >= 0.6 is 11.5 Å². The van der Waals surface area contributed by atoms with Crippen molar-refractivity contribution in [3.8, 4) is 0 Å². The summed E-state index contributed by atoms with van der Waals surface area (Å²) in [7, 11) is 0. The number of rotatable bonds is 6. The molecule has 0 amide bonds. The van der Waals surface area contributed by atoms with Gasteiger partial charge in [-0.3, -0.25) is 0 Å². The van der Waals surface area contributed by atoms with Gasteiger partial charge in [-0.1, -0.05) is 13.8 Å². The van der Waals surface area contributed by atoms with Gasteiger partial charge in [0.25, 0.3) is 0 Å². The molecule has 0 saturated carbocycles. The van der Waals surface area contributed by atoms with Gasteiger partial charge in [-0.05, 0) is 12.8 Å². The zero-order chi connectivity index (χ0) is 11.3. The smallest absolute Gasteiger partial charge is 0.233 e. The van der Waals surface area contributed by atoms with Gasteiger partial charge in [0.15, 0.2) is 0 Å². The normalized spacial score (nSPS) is 11.7. The number of aliphatic hydroxyl groups excluding tert-OH is 1. The van der Waals surface area contributed by atoms with Crippen molar-refractivity contribution in [3.05, 3.63) is 0 Å². The van der Waals surface area contributed by atoms with E-state index >= 15 is 0 Å². The minimum Gasteiger partial charge on any atom is -0.396 e. The Labute approximate surface area is 93.9 Å². The molecule has 0 saturated heterocycles. The Bertz CT molecular complexity index is 290. The third-order valence-corrected chi connectivity index (χ3v) is 3.58. The van der Waals surface area contributed by atoms with Gasteiger partial charge in [0.05, 0.1) is 6.61 Å². The predicted octanol–water partition coefficient (Wildman–Crippen LogP) is 1.33. The lowest BCUT2D eigenvalue weighted by Gasteiger charge is -2.29. The first-order chi connectivity index (χ1) is 7.15. The summed E-state index contributed by atoms with van der Waals surface area (Å²) >= 11 is 1.24. The molecular weight excluding hydrogens is 212 g/mol. The Morgan fingerprint density at radius 2 is 2.13 bits per heavy atom. The third kappa shape index (κ3) is 3.04. The largest absolute Gasteiger partial charge is 0.396 e. The first-order valence-electron chi connectivity index (χ1n) is 5.09. The Morgan fingerprint density at radius 3 is 2.53 bits per heavy atom. The maximum atomic E-state index is 9.36. The van der Waals surface area contributed by atoms with E-state index in [1.807, 2.05) is 0 Å². The average molecular weight is 230 g/mol. The van der Waals surface area contributed by atoms with Crippen molar-refractivity contribution >= 4 is 22.6 Å². The maximum Gasteiger partial charge on any atom is 0.233 e. The number of hydrogen-bond donors (Lipinski definition) is 3. The number of aliphatic hydroxyl groups is 1. The van der Waals surface area contributed by atoms with E-state index in [0.29, 0.717) is 17.6 Å². The standard InChI is InChI=1S/C9H18N4OS/c1-3-9(4-2,6-14)5-11-8-12-7(10)13-15-8/h14H,3-6H2,1-2H3,(H3,10,11,12,13). The number of nitrogens with one attached hydrogen (secondary N) is 1. The summed E-state index contributed by atoms with van der Waals surface area (Å²) < 4.78 is 3.88. The lowest BCUT2D eigenvalue weighted by Crippen LogP contribution is -2.32. The van der Waals surface area contributed by atoms with Crippen LogP contribution in [-0.2, 0) is 0 Å². The second kappa shape index (κ2) is 5.27. The molecule has 1 aromatic heterocycles. The van der Waals surface area contributed by atoms with Crippen LogP contribution in [0.2, 0.25) is 0 Å². The van der Waals surface area contributed by atoms with E-state index in [2.05, 4.69) is 28.5 Å². The number of nitrogens with two attached hydrogens (primary N) is 1. The number of nitrogen functional groups attached to an aromatic ring is 1. The van der Waals surface area contributed by atoms with Crippen LogP contribution in [0.5, 0.6) is 0 Å². The molecule has 0 bridgehead atoms. The first kappa shape index (κ1) is 12.2. The second-order valence-electron chi connectivity index (χ2n) is 3.68. The van der Waals surface area contributed by atoms with Crippen molar-refractivity contribution in [3.63, 3.8) is 0 Å². The molecule has 0 fully saturated rings. The maximum absolute atomic E-state index is 9.36. The molecule has 6 heteroatoms. The molecule has 0 spiro atoms. The Morgan fingerprint density at radius 1 is 1.47 bits per heavy atom. The molecule has 0 unspecified atom stereocenters. The molecule has 0 aliphatic heterocycles. The zero-order valence-electron chi connectivity index (χ0n) is 9.16. The molecule has 0 atom stereocenters. The number of nitrogens with zero attached hydrogens (tertiary/aromatic N) is 2. The van der Waals surface area contributed by atoms with Crippen LogP contribution < -0.4 is 11.1 Å². The van der Waals surface area contributed by atoms with Gasteiger partial charge in [-0.2, -0.15) is 9.36 Å². The van der Waals surface area contributed by atoms with Crippen LogP contribution in [-0.4, -0.2) is 27.6 Å². The molecule has 4 N–H and O–H groups in total. The Hall–Kier alpha value is -0.880. The predicted molar refractivity (Wildman–Crippen MR) is 62.9 cm³/mol. The average Bonchev–Trinajstić information content (AvgIpc) is 2.67. The molecule has 0 radical (unpaired) electrons. The minimum absolute atomic E-state index is 0.0690. The summed E-state index contributed by atoms with van der Waals surface area (Å²) in [6, 6.07) is 0. The summed E-state index contributed by atoms with van der Waals surface area (Å²) in [5.41, 5.74) is 5.35. The van der Waals surface area contributed by atoms with Gasteiger partial charge in [-0.15, -0.1) is 0 Å². The van der Waals surface area contributed by atoms with Crippen LogP contribution in [0.15, 0.2) is 0 Å². The van der Waals surface area contributed by atoms with Gasteiger partial charge in [0.1, 0.15) is 0 Å². The third-order valence-electron chi connectivity index (χ3n) is 2.89. The van der Waals surface area contributed by atoms with E-state index < -0.39 is 0 Å². The Kier molecular flexibility index (Phi) is 4.28. The fraction of sp³-hybridized carbons (Fsp3) is 0.778. The van der Waals surface area contributed by atoms with Crippen molar-refractivity contribution < 1.29 is 5.11 Å². The summed E-state index contributed by atoms with van der Waals surface area (Å²) in [6.45, 7) is 5.04. The minimum atomic E-state index is -0.0690. The van der Waals surface area contributed by atoms with Crippen LogP contribution in [0.3, 0.4) is 0 Å². The summed E-state index contributed by atoms with van der Waals surface area (Å²) in [4.78, 5) is 4.01. The van der Waals surface area contributed by atoms with E-state index in [0.717, 1.165) is 12.8 Å². The van der Waals surface area contributed by atoms with E-state index in [9.17, 15) is 5.11 Å². The first-order valence-corrected chi connectivity index (χ1v) is 5.87. The summed E-state index contributed by atoms with van der Waals surface area (Å²) in [6.07, 6.45) is 1.86. The van der Waals surface area contributed by atoms with E-state index in [-0.39, 0.29) is 12.0 Å². The lowest BCUT2D eigenvalue weighted by molar-refractivity contribution is 0.127. The van der Waals surface area contributed by atoms with Crippen molar-refractivity contribution in [2.24, 2.45) is 5.41 Å². The van der Waals surface area contributed by atoms with Crippen molar-refractivity contribution in [2.75, 3.05) is 24.2 Å². The molecule has 1 rings (SSSR count). The molecule has 1 heterocycles. The number of anilines is 2. The van der Waals surface area contributed by atoms with Crippen molar-refractivity contribution in [1.29, 1.82) is 0 Å². The van der Waals surface area contributed by atoms with Crippen LogP contribution in [0, 0.1) is 5.41 Å². The topological polar surface area (TPSA) is 84.1 Å². The number of aromatic nitrogens is 2. The van der Waals surface area contributed by atoms with Gasteiger partial charge < -0.3 is 16.2 Å². The molecule has 86 valence electrons. The van der Waals surface area contributed by atoms with Crippen LogP contribution in [0.1, 0.15) is 26.7 Å². The van der Waals surface area contributed by atoms with Crippen LogP contribution in [0.25, 0.3) is 0 Å². The van der Waals surface area contributed by atoms with Crippen molar-refractivity contribution in [1.82, 2.24) is 9.36 Å². The molecular formula is C9H18N4OS. The second-order valence-corrected chi connectivity index (χ2v) is 4.43. The SMILES string of the molecule is CCC(CC)(CO)CNc1nc(N)ns1. The van der Waals surface area contributed by atoms with Gasteiger partial charge in [0, 0.05) is 23.5 Å². The summed E-state index contributed by atoms with van der Waals surface area (Å²) in [5, 5.41) is 13.2. The molecule has 0 aromatic carbocycles. The van der Waals surface area contributed by atoms with Crippen molar-refractivity contribution in [2.45, 2.75) is 26.7 Å². The van der Waals surface area contributed by atoms with E-state index in [4.69, 9.17) is 5.73 Å². The highest BCUT2D eigenvalue weighted by molar-refractivity contribution is 7.09. The van der Waals surface area contributed by atoms with Gasteiger partial charge in [0.2, 0.25) is 11.1 Å². The highest BCUT2D eigenvalue weighted by Gasteiger charge is 2.25. The molecule has 0 aliphatic rings. The summed E-state index contributed by atoms with van der Waals surface area (Å²) in [5.74, 6) is 0.296. The fourth-order valence-corrected chi connectivity index (χ4v) is 1.84. The zero-order valence-corrected chi connectivity index (χ0v) is 9.97. The van der Waals surface area contributed by atoms with E-state index in [1.54, 1.807) is 0 Å². The Balaban J connectivity index is 2.54. The molecule has 0 aliphatic carbocycles. The fourth-order valence-electron chi connectivity index (χ4n) is 1.35. The molecule has 5 nitrogen and oxygen atoms in total. The highest BCUT2D eigenvalue weighted by atomic mass is 32.1. The van der Waals surface area contributed by atoms with Gasteiger partial charge in [-0.25, -0.2) is 0 Å². The molecule has 1 aromatic rings. The van der Waals surface area contributed by atoms with E-state index in [1.165, 1.54) is 11.5 Å². The quantitative estimate of drug-likeness (QED) is 0.686. The number of hydrogen-bond acceptors (Lipinski definition) is 6. The highest BCUT2D eigenvalue weighted by Crippen LogP contribution is 2.26. The van der Waals surface area contributed by atoms with Crippen LogP contribution in [0.4, 0.5) is 11.1 Å². The van der Waals surface area contributed by atoms with Gasteiger partial charge >= 0.3 is 0 Å².